The summed E-state index contributed by atoms with van der Waals surface area (Å²) < 4.78 is 0. The van der Waals surface area contributed by atoms with Gasteiger partial charge in [0.15, 0.2) is 0 Å². The molecule has 17 heavy (non-hydrogen) atoms. The molecule has 1 aliphatic rings. The van der Waals surface area contributed by atoms with Crippen molar-refractivity contribution in [1.82, 2.24) is 10.2 Å². The Morgan fingerprint density at radius 1 is 1.29 bits per heavy atom. The van der Waals surface area contributed by atoms with Crippen LogP contribution in [-0.4, -0.2) is 38.0 Å². The van der Waals surface area contributed by atoms with Gasteiger partial charge in [-0.05, 0) is 31.7 Å². The zero-order chi connectivity index (χ0) is 12.9. The van der Waals surface area contributed by atoms with E-state index in [1.165, 1.54) is 19.3 Å². The normalized spacial score (nSPS) is 18.6. The third-order valence-electron chi connectivity index (χ3n) is 3.78. The average molecular weight is 240 g/mol. The molecule has 0 spiro atoms. The molecule has 0 aromatic rings. The highest BCUT2D eigenvalue weighted by Gasteiger charge is 2.41. The molecule has 1 N–H and O–H groups in total. The van der Waals surface area contributed by atoms with Gasteiger partial charge in [0.25, 0.3) is 0 Å². The van der Waals surface area contributed by atoms with Gasteiger partial charge in [0.2, 0.25) is 5.91 Å². The van der Waals surface area contributed by atoms with E-state index in [4.69, 9.17) is 0 Å². The topological polar surface area (TPSA) is 32.3 Å². The van der Waals surface area contributed by atoms with Gasteiger partial charge in [-0.1, -0.05) is 26.7 Å². The fraction of sp³-hybridized carbons (Fsp3) is 0.929. The zero-order valence-corrected chi connectivity index (χ0v) is 11.9. The first kappa shape index (κ1) is 14.5. The van der Waals surface area contributed by atoms with Crippen molar-refractivity contribution in [2.45, 2.75) is 46.0 Å². The van der Waals surface area contributed by atoms with Crippen molar-refractivity contribution < 1.29 is 4.79 Å². The molecule has 100 valence electrons. The lowest BCUT2D eigenvalue weighted by Crippen LogP contribution is -2.45. The van der Waals surface area contributed by atoms with Crippen LogP contribution in [0.5, 0.6) is 0 Å². The minimum Gasteiger partial charge on any atom is -0.348 e. The molecule has 0 unspecified atom stereocenters. The standard InChI is InChI=1S/C14H28N2O/c1-12(2)7-10-15-11-14(8-5-6-9-14)13(17)16(3)4/h12,15H,5-11H2,1-4H3. The molecule has 1 amide bonds. The summed E-state index contributed by atoms with van der Waals surface area (Å²) in [7, 11) is 3.74. The second-order valence-electron chi connectivity index (χ2n) is 6.05. The fourth-order valence-electron chi connectivity index (χ4n) is 2.71. The molecule has 0 aliphatic heterocycles. The molecule has 1 saturated carbocycles. The van der Waals surface area contributed by atoms with Gasteiger partial charge in [-0.25, -0.2) is 0 Å². The summed E-state index contributed by atoms with van der Waals surface area (Å²) >= 11 is 0. The van der Waals surface area contributed by atoms with E-state index in [1.807, 2.05) is 14.1 Å². The van der Waals surface area contributed by atoms with Crippen molar-refractivity contribution in [2.24, 2.45) is 11.3 Å². The van der Waals surface area contributed by atoms with Crippen molar-refractivity contribution >= 4 is 5.91 Å². The third kappa shape index (κ3) is 3.98. The molecule has 3 nitrogen and oxygen atoms in total. The summed E-state index contributed by atoms with van der Waals surface area (Å²) in [5.41, 5.74) is -0.111. The summed E-state index contributed by atoms with van der Waals surface area (Å²) in [4.78, 5) is 14.0. The van der Waals surface area contributed by atoms with Crippen molar-refractivity contribution in [1.29, 1.82) is 0 Å². The Labute approximate surface area is 106 Å². The van der Waals surface area contributed by atoms with Crippen LogP contribution in [0.25, 0.3) is 0 Å². The van der Waals surface area contributed by atoms with Crippen LogP contribution in [0.15, 0.2) is 0 Å². The Morgan fingerprint density at radius 2 is 1.88 bits per heavy atom. The van der Waals surface area contributed by atoms with Gasteiger partial charge in [-0.15, -0.1) is 0 Å². The minimum absolute atomic E-state index is 0.111. The van der Waals surface area contributed by atoms with Crippen molar-refractivity contribution in [3.63, 3.8) is 0 Å². The summed E-state index contributed by atoms with van der Waals surface area (Å²) in [6.45, 7) is 6.35. The molecule has 0 aromatic heterocycles. The number of rotatable bonds is 6. The molecule has 0 heterocycles. The summed E-state index contributed by atoms with van der Waals surface area (Å²) in [6, 6.07) is 0. The predicted molar refractivity (Wildman–Crippen MR) is 71.9 cm³/mol. The second-order valence-corrected chi connectivity index (χ2v) is 6.05. The molecule has 0 radical (unpaired) electrons. The largest absolute Gasteiger partial charge is 0.348 e. The maximum atomic E-state index is 12.3. The van der Waals surface area contributed by atoms with Crippen LogP contribution in [0.2, 0.25) is 0 Å². The van der Waals surface area contributed by atoms with E-state index in [0.29, 0.717) is 5.91 Å². The number of carbonyl (C=O) groups is 1. The van der Waals surface area contributed by atoms with E-state index in [9.17, 15) is 4.79 Å². The first-order valence-electron chi connectivity index (χ1n) is 6.90. The quantitative estimate of drug-likeness (QED) is 0.722. The molecule has 0 bridgehead atoms. The van der Waals surface area contributed by atoms with Gasteiger partial charge in [0.1, 0.15) is 0 Å². The van der Waals surface area contributed by atoms with Gasteiger partial charge in [-0.3, -0.25) is 4.79 Å². The molecular weight excluding hydrogens is 212 g/mol. The van der Waals surface area contributed by atoms with E-state index >= 15 is 0 Å². The smallest absolute Gasteiger partial charge is 0.229 e. The highest BCUT2D eigenvalue weighted by molar-refractivity contribution is 5.82. The number of hydrogen-bond acceptors (Lipinski definition) is 2. The van der Waals surface area contributed by atoms with Gasteiger partial charge >= 0.3 is 0 Å². The molecule has 0 saturated heterocycles. The number of nitrogens with zero attached hydrogens (tertiary/aromatic N) is 1. The first-order chi connectivity index (χ1) is 7.98. The van der Waals surface area contributed by atoms with E-state index in [-0.39, 0.29) is 5.41 Å². The number of carbonyl (C=O) groups excluding carboxylic acids is 1. The summed E-state index contributed by atoms with van der Waals surface area (Å²) in [5.74, 6) is 1.04. The van der Waals surface area contributed by atoms with Crippen molar-refractivity contribution in [3.8, 4) is 0 Å². The average Bonchev–Trinajstić information content (AvgIpc) is 2.73. The van der Waals surface area contributed by atoms with Gasteiger partial charge in [0, 0.05) is 20.6 Å². The highest BCUT2D eigenvalue weighted by Crippen LogP contribution is 2.38. The van der Waals surface area contributed by atoms with Crippen molar-refractivity contribution in [2.75, 3.05) is 27.2 Å². The Balaban J connectivity index is 2.46. The lowest BCUT2D eigenvalue weighted by molar-refractivity contribution is -0.139. The van der Waals surface area contributed by atoms with E-state index < -0.39 is 0 Å². The third-order valence-corrected chi connectivity index (χ3v) is 3.78. The monoisotopic (exact) mass is 240 g/mol. The summed E-state index contributed by atoms with van der Waals surface area (Å²) in [6.07, 6.45) is 5.69. The highest BCUT2D eigenvalue weighted by atomic mass is 16.2. The Kier molecular flexibility index (Phi) is 5.44. The molecule has 1 fully saturated rings. The number of nitrogens with one attached hydrogen (secondary N) is 1. The second kappa shape index (κ2) is 6.39. The minimum atomic E-state index is -0.111. The maximum Gasteiger partial charge on any atom is 0.229 e. The van der Waals surface area contributed by atoms with Gasteiger partial charge in [0.05, 0.1) is 5.41 Å². The Bertz CT molecular complexity index is 243. The predicted octanol–water partition coefficient (Wildman–Crippen LogP) is 2.27. The molecule has 1 rings (SSSR count). The molecule has 1 aliphatic carbocycles. The van der Waals surface area contributed by atoms with Crippen LogP contribution < -0.4 is 5.32 Å². The van der Waals surface area contributed by atoms with Crippen LogP contribution >= 0.6 is 0 Å². The van der Waals surface area contributed by atoms with Crippen molar-refractivity contribution in [3.05, 3.63) is 0 Å². The maximum absolute atomic E-state index is 12.3. The van der Waals surface area contributed by atoms with Crippen LogP contribution in [0, 0.1) is 11.3 Å². The zero-order valence-electron chi connectivity index (χ0n) is 11.9. The number of hydrogen-bond donors (Lipinski definition) is 1. The Hall–Kier alpha value is -0.570. The van der Waals surface area contributed by atoms with Crippen LogP contribution in [-0.2, 0) is 4.79 Å². The molecule has 0 atom stereocenters. The van der Waals surface area contributed by atoms with E-state index in [1.54, 1.807) is 4.90 Å². The lowest BCUT2D eigenvalue weighted by atomic mass is 9.84. The van der Waals surface area contributed by atoms with Crippen LogP contribution in [0.1, 0.15) is 46.0 Å². The van der Waals surface area contributed by atoms with E-state index in [2.05, 4.69) is 19.2 Å². The SMILES string of the molecule is CC(C)CCNCC1(C(=O)N(C)C)CCCC1. The number of amides is 1. The first-order valence-corrected chi connectivity index (χ1v) is 6.90. The van der Waals surface area contributed by atoms with Gasteiger partial charge < -0.3 is 10.2 Å². The molecule has 3 heteroatoms. The summed E-state index contributed by atoms with van der Waals surface area (Å²) in [5, 5.41) is 3.49. The van der Waals surface area contributed by atoms with E-state index in [0.717, 1.165) is 31.8 Å². The molecule has 0 aromatic carbocycles. The lowest BCUT2D eigenvalue weighted by Gasteiger charge is -2.31. The van der Waals surface area contributed by atoms with Gasteiger partial charge in [-0.2, -0.15) is 0 Å². The fourth-order valence-corrected chi connectivity index (χ4v) is 2.71. The Morgan fingerprint density at radius 3 is 2.35 bits per heavy atom. The van der Waals surface area contributed by atoms with Crippen LogP contribution in [0.3, 0.4) is 0 Å². The van der Waals surface area contributed by atoms with Crippen LogP contribution in [0.4, 0.5) is 0 Å². The molecular formula is C14H28N2O.